The first-order chi connectivity index (χ1) is 7.72. The van der Waals surface area contributed by atoms with Crippen molar-refractivity contribution < 1.29 is 9.47 Å². The van der Waals surface area contributed by atoms with Gasteiger partial charge in [-0.2, -0.15) is 0 Å². The Morgan fingerprint density at radius 2 is 2.06 bits per heavy atom. The van der Waals surface area contributed by atoms with Gasteiger partial charge in [0.25, 0.3) is 0 Å². The SMILES string of the molecule is CCCOc1cc(Br)c(CCN)cc1OC. The molecule has 0 unspecified atom stereocenters. The number of nitrogens with two attached hydrogens (primary N) is 1. The second kappa shape index (κ2) is 6.76. The minimum atomic E-state index is 0.622. The van der Waals surface area contributed by atoms with Gasteiger partial charge in [-0.15, -0.1) is 0 Å². The Hall–Kier alpha value is -0.740. The molecule has 0 spiro atoms. The van der Waals surface area contributed by atoms with Gasteiger partial charge in [0.2, 0.25) is 0 Å². The summed E-state index contributed by atoms with van der Waals surface area (Å²) in [6, 6.07) is 3.92. The average Bonchev–Trinajstić information content (AvgIpc) is 2.29. The van der Waals surface area contributed by atoms with Gasteiger partial charge in [0.05, 0.1) is 13.7 Å². The Kier molecular flexibility index (Phi) is 5.63. The molecule has 1 rings (SSSR count). The van der Waals surface area contributed by atoms with Crippen molar-refractivity contribution in [2.75, 3.05) is 20.3 Å². The second-order valence-corrected chi connectivity index (χ2v) is 4.34. The lowest BCUT2D eigenvalue weighted by molar-refractivity contribution is 0.294. The minimum absolute atomic E-state index is 0.622. The molecule has 4 heteroatoms. The largest absolute Gasteiger partial charge is 0.493 e. The Bertz CT molecular complexity index is 342. The maximum atomic E-state index is 5.60. The lowest BCUT2D eigenvalue weighted by Gasteiger charge is -2.13. The lowest BCUT2D eigenvalue weighted by atomic mass is 10.1. The summed E-state index contributed by atoms with van der Waals surface area (Å²) in [4.78, 5) is 0. The highest BCUT2D eigenvalue weighted by molar-refractivity contribution is 9.10. The highest BCUT2D eigenvalue weighted by Gasteiger charge is 2.09. The predicted molar refractivity (Wildman–Crippen MR) is 69.2 cm³/mol. The van der Waals surface area contributed by atoms with Crippen molar-refractivity contribution in [3.63, 3.8) is 0 Å². The van der Waals surface area contributed by atoms with Gasteiger partial charge in [-0.25, -0.2) is 0 Å². The fraction of sp³-hybridized carbons (Fsp3) is 0.500. The topological polar surface area (TPSA) is 44.5 Å². The summed E-state index contributed by atoms with van der Waals surface area (Å²) in [5.41, 5.74) is 6.69. The number of benzene rings is 1. The van der Waals surface area contributed by atoms with Crippen LogP contribution in [0.25, 0.3) is 0 Å². The van der Waals surface area contributed by atoms with Crippen molar-refractivity contribution in [1.29, 1.82) is 0 Å². The molecule has 0 fully saturated rings. The maximum absolute atomic E-state index is 5.60. The smallest absolute Gasteiger partial charge is 0.162 e. The molecule has 1 aromatic rings. The van der Waals surface area contributed by atoms with Crippen LogP contribution in [-0.2, 0) is 6.42 Å². The summed E-state index contributed by atoms with van der Waals surface area (Å²) in [7, 11) is 1.65. The van der Waals surface area contributed by atoms with Gasteiger partial charge in [-0.3, -0.25) is 0 Å². The first-order valence-corrected chi connectivity index (χ1v) is 6.21. The Balaban J connectivity index is 2.95. The monoisotopic (exact) mass is 287 g/mol. The van der Waals surface area contributed by atoms with Gasteiger partial charge in [-0.1, -0.05) is 22.9 Å². The van der Waals surface area contributed by atoms with Crippen LogP contribution in [0.5, 0.6) is 11.5 Å². The van der Waals surface area contributed by atoms with Gasteiger partial charge < -0.3 is 15.2 Å². The maximum Gasteiger partial charge on any atom is 0.162 e. The molecule has 0 heterocycles. The van der Waals surface area contributed by atoms with E-state index in [2.05, 4.69) is 22.9 Å². The molecule has 0 aliphatic carbocycles. The van der Waals surface area contributed by atoms with Crippen molar-refractivity contribution in [2.24, 2.45) is 5.73 Å². The molecule has 16 heavy (non-hydrogen) atoms. The molecule has 1 aromatic carbocycles. The zero-order valence-corrected chi connectivity index (χ0v) is 11.3. The number of methoxy groups -OCH3 is 1. The van der Waals surface area contributed by atoms with Gasteiger partial charge in [0.15, 0.2) is 11.5 Å². The van der Waals surface area contributed by atoms with Crippen molar-refractivity contribution in [3.05, 3.63) is 22.2 Å². The zero-order chi connectivity index (χ0) is 12.0. The summed E-state index contributed by atoms with van der Waals surface area (Å²) in [6.45, 7) is 3.39. The van der Waals surface area contributed by atoms with Crippen molar-refractivity contribution in [1.82, 2.24) is 0 Å². The number of rotatable bonds is 6. The summed E-state index contributed by atoms with van der Waals surface area (Å²) >= 11 is 3.51. The Morgan fingerprint density at radius 1 is 1.31 bits per heavy atom. The third-order valence-electron chi connectivity index (χ3n) is 2.21. The summed E-state index contributed by atoms with van der Waals surface area (Å²) in [6.07, 6.45) is 1.80. The fourth-order valence-electron chi connectivity index (χ4n) is 1.41. The number of hydrogen-bond acceptors (Lipinski definition) is 3. The molecule has 90 valence electrons. The molecule has 0 atom stereocenters. The molecular weight excluding hydrogens is 270 g/mol. The number of halogens is 1. The molecule has 3 nitrogen and oxygen atoms in total. The van der Waals surface area contributed by atoms with Gasteiger partial charge in [0.1, 0.15) is 0 Å². The second-order valence-electron chi connectivity index (χ2n) is 3.48. The quantitative estimate of drug-likeness (QED) is 0.875. The minimum Gasteiger partial charge on any atom is -0.493 e. The van der Waals surface area contributed by atoms with Crippen LogP contribution in [0, 0.1) is 0 Å². The van der Waals surface area contributed by atoms with E-state index in [0.29, 0.717) is 13.2 Å². The molecule has 0 radical (unpaired) electrons. The van der Waals surface area contributed by atoms with Crippen LogP contribution in [0.4, 0.5) is 0 Å². The standard InChI is InChI=1S/C12H18BrNO2/c1-3-6-16-12-8-10(13)9(4-5-14)7-11(12)15-2/h7-8H,3-6,14H2,1-2H3. The van der Waals surface area contributed by atoms with Crippen LogP contribution in [0.1, 0.15) is 18.9 Å². The van der Waals surface area contributed by atoms with Gasteiger partial charge in [-0.05, 0) is 37.1 Å². The lowest BCUT2D eigenvalue weighted by Crippen LogP contribution is -2.04. The fourth-order valence-corrected chi connectivity index (χ4v) is 1.93. The predicted octanol–water partition coefficient (Wildman–Crippen LogP) is 2.75. The van der Waals surface area contributed by atoms with E-state index < -0.39 is 0 Å². The molecule has 0 amide bonds. The van der Waals surface area contributed by atoms with E-state index in [-0.39, 0.29) is 0 Å². The first kappa shape index (κ1) is 13.3. The van der Waals surface area contributed by atoms with E-state index in [1.54, 1.807) is 7.11 Å². The molecule has 0 saturated carbocycles. The van der Waals surface area contributed by atoms with Gasteiger partial charge >= 0.3 is 0 Å². The van der Waals surface area contributed by atoms with E-state index in [9.17, 15) is 0 Å². The number of hydrogen-bond donors (Lipinski definition) is 1. The molecular formula is C12H18BrNO2. The molecule has 0 aliphatic heterocycles. The van der Waals surface area contributed by atoms with Gasteiger partial charge in [0, 0.05) is 4.47 Å². The highest BCUT2D eigenvalue weighted by Crippen LogP contribution is 2.33. The Morgan fingerprint density at radius 3 is 2.62 bits per heavy atom. The summed E-state index contributed by atoms with van der Waals surface area (Å²) in [5, 5.41) is 0. The third-order valence-corrected chi connectivity index (χ3v) is 2.95. The summed E-state index contributed by atoms with van der Waals surface area (Å²) in [5.74, 6) is 1.54. The Labute approximate surface area is 105 Å². The van der Waals surface area contributed by atoms with Crippen LogP contribution in [0.2, 0.25) is 0 Å². The van der Waals surface area contributed by atoms with Crippen molar-refractivity contribution >= 4 is 15.9 Å². The average molecular weight is 288 g/mol. The van der Waals surface area contributed by atoms with E-state index in [1.165, 1.54) is 0 Å². The highest BCUT2D eigenvalue weighted by atomic mass is 79.9. The summed E-state index contributed by atoms with van der Waals surface area (Å²) < 4.78 is 11.9. The van der Waals surface area contributed by atoms with Crippen molar-refractivity contribution in [3.8, 4) is 11.5 Å². The number of ether oxygens (including phenoxy) is 2. The molecule has 2 N–H and O–H groups in total. The van der Waals surface area contributed by atoms with E-state index >= 15 is 0 Å². The molecule has 0 bridgehead atoms. The van der Waals surface area contributed by atoms with Crippen LogP contribution >= 0.6 is 15.9 Å². The van der Waals surface area contributed by atoms with Crippen LogP contribution in [0.3, 0.4) is 0 Å². The molecule has 0 aliphatic rings. The van der Waals surface area contributed by atoms with E-state index in [1.807, 2.05) is 12.1 Å². The molecule has 0 aromatic heterocycles. The normalized spacial score (nSPS) is 10.2. The van der Waals surface area contributed by atoms with Crippen LogP contribution in [0.15, 0.2) is 16.6 Å². The van der Waals surface area contributed by atoms with Crippen LogP contribution in [-0.4, -0.2) is 20.3 Å². The molecule has 0 saturated heterocycles. The van der Waals surface area contributed by atoms with E-state index in [4.69, 9.17) is 15.2 Å². The third kappa shape index (κ3) is 3.39. The van der Waals surface area contributed by atoms with Crippen molar-refractivity contribution in [2.45, 2.75) is 19.8 Å². The van der Waals surface area contributed by atoms with E-state index in [0.717, 1.165) is 34.4 Å². The zero-order valence-electron chi connectivity index (χ0n) is 9.75. The first-order valence-electron chi connectivity index (χ1n) is 5.42. The van der Waals surface area contributed by atoms with Crippen LogP contribution < -0.4 is 15.2 Å².